The Morgan fingerprint density at radius 2 is 2.33 bits per heavy atom. The molecule has 0 saturated carbocycles. The fourth-order valence-corrected chi connectivity index (χ4v) is 2.30. The van der Waals surface area contributed by atoms with Crippen molar-refractivity contribution < 1.29 is 19.0 Å². The Bertz CT molecular complexity index is 493. The third-order valence-electron chi connectivity index (χ3n) is 3.51. The highest BCUT2D eigenvalue weighted by Gasteiger charge is 2.22. The first-order valence-electron chi connectivity index (χ1n) is 7.08. The molecule has 1 aliphatic heterocycles. The Balaban J connectivity index is 1.94. The van der Waals surface area contributed by atoms with Crippen LogP contribution in [0.3, 0.4) is 0 Å². The van der Waals surface area contributed by atoms with Gasteiger partial charge < -0.3 is 19.9 Å². The number of morpholine rings is 1. The van der Waals surface area contributed by atoms with Crippen LogP contribution in [0.2, 0.25) is 0 Å². The van der Waals surface area contributed by atoms with E-state index in [1.54, 1.807) is 18.2 Å². The van der Waals surface area contributed by atoms with E-state index in [9.17, 15) is 4.79 Å². The topological polar surface area (TPSA) is 74.0 Å². The number of anilines is 1. The molecule has 0 amide bonds. The minimum absolute atomic E-state index is 0.0882. The molecule has 1 heterocycles. The van der Waals surface area contributed by atoms with Gasteiger partial charge in [0, 0.05) is 18.8 Å². The maximum atomic E-state index is 12.1. The normalized spacial score (nSPS) is 19.2. The number of hydrogen-bond donors (Lipinski definition) is 1. The molecule has 1 fully saturated rings. The highest BCUT2D eigenvalue weighted by Crippen LogP contribution is 2.22. The van der Waals surface area contributed by atoms with Crippen molar-refractivity contribution in [2.75, 3.05) is 45.7 Å². The second-order valence-electron chi connectivity index (χ2n) is 4.94. The van der Waals surface area contributed by atoms with Crippen molar-refractivity contribution in [1.29, 1.82) is 0 Å². The van der Waals surface area contributed by atoms with Crippen molar-refractivity contribution in [3.05, 3.63) is 23.8 Å². The molecule has 0 aliphatic carbocycles. The molecule has 2 rings (SSSR count). The molecule has 1 unspecified atom stereocenters. The summed E-state index contributed by atoms with van der Waals surface area (Å²) in [5, 5.41) is 0. The Morgan fingerprint density at radius 1 is 1.52 bits per heavy atom. The smallest absolute Gasteiger partial charge is 0.342 e. The van der Waals surface area contributed by atoms with Crippen molar-refractivity contribution in [3.8, 4) is 5.75 Å². The number of likely N-dealkylation sites (N-methyl/N-ethyl adjacent to an activating group) is 1. The van der Waals surface area contributed by atoms with Crippen LogP contribution in [0.15, 0.2) is 18.2 Å². The Morgan fingerprint density at radius 3 is 3.05 bits per heavy atom. The molecule has 0 spiro atoms. The molecule has 0 radical (unpaired) electrons. The van der Waals surface area contributed by atoms with Crippen molar-refractivity contribution in [1.82, 2.24) is 4.90 Å². The van der Waals surface area contributed by atoms with E-state index in [0.29, 0.717) is 23.6 Å². The molecule has 1 aliphatic rings. The van der Waals surface area contributed by atoms with Gasteiger partial charge in [-0.15, -0.1) is 0 Å². The molecule has 0 aromatic heterocycles. The number of rotatable bonds is 5. The van der Waals surface area contributed by atoms with Crippen LogP contribution in [-0.2, 0) is 9.47 Å². The summed E-state index contributed by atoms with van der Waals surface area (Å²) >= 11 is 0. The summed E-state index contributed by atoms with van der Waals surface area (Å²) in [6.07, 6.45) is -0.0882. The highest BCUT2D eigenvalue weighted by atomic mass is 16.6. The van der Waals surface area contributed by atoms with E-state index in [-0.39, 0.29) is 12.7 Å². The molecule has 1 saturated heterocycles. The number of carbonyl (C=O) groups is 1. The van der Waals surface area contributed by atoms with Crippen molar-refractivity contribution in [3.63, 3.8) is 0 Å². The summed E-state index contributed by atoms with van der Waals surface area (Å²) in [5.74, 6) is 0.00493. The van der Waals surface area contributed by atoms with E-state index in [1.165, 1.54) is 7.11 Å². The number of nitrogens with zero attached hydrogens (tertiary/aromatic N) is 1. The quantitative estimate of drug-likeness (QED) is 0.649. The van der Waals surface area contributed by atoms with Crippen molar-refractivity contribution in [2.24, 2.45) is 0 Å². The highest BCUT2D eigenvalue weighted by molar-refractivity contribution is 5.93. The van der Waals surface area contributed by atoms with E-state index in [1.807, 2.05) is 0 Å². The summed E-state index contributed by atoms with van der Waals surface area (Å²) in [6, 6.07) is 4.89. The fourth-order valence-electron chi connectivity index (χ4n) is 2.30. The van der Waals surface area contributed by atoms with Gasteiger partial charge >= 0.3 is 5.97 Å². The van der Waals surface area contributed by atoms with Gasteiger partial charge in [0.05, 0.1) is 13.7 Å². The lowest BCUT2D eigenvalue weighted by Gasteiger charge is -2.31. The molecule has 116 valence electrons. The van der Waals surface area contributed by atoms with Crippen molar-refractivity contribution in [2.45, 2.75) is 13.0 Å². The first-order valence-corrected chi connectivity index (χ1v) is 7.08. The second-order valence-corrected chi connectivity index (χ2v) is 4.94. The van der Waals surface area contributed by atoms with Gasteiger partial charge in [-0.25, -0.2) is 4.79 Å². The molecule has 2 N–H and O–H groups in total. The molecule has 21 heavy (non-hydrogen) atoms. The number of methoxy groups -OCH3 is 1. The average molecular weight is 294 g/mol. The minimum Gasteiger partial charge on any atom is -0.496 e. The van der Waals surface area contributed by atoms with Crippen LogP contribution in [0.4, 0.5) is 5.69 Å². The lowest BCUT2D eigenvalue weighted by Crippen LogP contribution is -2.44. The lowest BCUT2D eigenvalue weighted by atomic mass is 10.2. The molecule has 0 bridgehead atoms. The Kier molecular flexibility index (Phi) is 5.41. The largest absolute Gasteiger partial charge is 0.496 e. The number of carbonyl (C=O) groups excluding carboxylic acids is 1. The number of esters is 1. The first-order chi connectivity index (χ1) is 10.1. The van der Waals surface area contributed by atoms with Crippen LogP contribution in [0.25, 0.3) is 0 Å². The number of benzene rings is 1. The first kappa shape index (κ1) is 15.6. The molecular weight excluding hydrogens is 272 g/mol. The van der Waals surface area contributed by atoms with Crippen LogP contribution in [0.5, 0.6) is 5.75 Å². The van der Waals surface area contributed by atoms with Gasteiger partial charge in [-0.2, -0.15) is 0 Å². The van der Waals surface area contributed by atoms with E-state index in [2.05, 4.69) is 11.8 Å². The predicted molar refractivity (Wildman–Crippen MR) is 79.5 cm³/mol. The predicted octanol–water partition coefficient (Wildman–Crippen LogP) is 1.15. The van der Waals surface area contributed by atoms with E-state index in [4.69, 9.17) is 19.9 Å². The maximum Gasteiger partial charge on any atom is 0.342 e. The van der Waals surface area contributed by atoms with Gasteiger partial charge in [-0.05, 0) is 24.7 Å². The molecule has 6 heteroatoms. The van der Waals surface area contributed by atoms with Gasteiger partial charge in [0.15, 0.2) is 0 Å². The van der Waals surface area contributed by atoms with Crippen molar-refractivity contribution >= 4 is 11.7 Å². The molecule has 1 aromatic rings. The summed E-state index contributed by atoms with van der Waals surface area (Å²) in [6.45, 7) is 5.66. The SMILES string of the molecule is CCN1CCOC(COC(=O)c2cc(N)ccc2OC)C1. The van der Waals surface area contributed by atoms with Gasteiger partial charge in [0.25, 0.3) is 0 Å². The standard InChI is InChI=1S/C15H22N2O4/c1-3-17-6-7-20-12(9-17)10-21-15(18)13-8-11(16)4-5-14(13)19-2/h4-5,8,12H,3,6-7,9-10,16H2,1-2H3. The zero-order chi connectivity index (χ0) is 15.2. The third-order valence-corrected chi connectivity index (χ3v) is 3.51. The van der Waals surface area contributed by atoms with Crippen LogP contribution in [0.1, 0.15) is 17.3 Å². The number of nitrogens with two attached hydrogens (primary N) is 1. The molecule has 1 aromatic carbocycles. The van der Waals surface area contributed by atoms with Crippen LogP contribution < -0.4 is 10.5 Å². The second kappa shape index (κ2) is 7.28. The lowest BCUT2D eigenvalue weighted by molar-refractivity contribution is -0.0578. The average Bonchev–Trinajstić information content (AvgIpc) is 2.52. The molecular formula is C15H22N2O4. The monoisotopic (exact) mass is 294 g/mol. The maximum absolute atomic E-state index is 12.1. The summed E-state index contributed by atoms with van der Waals surface area (Å²) < 4.78 is 16.1. The van der Waals surface area contributed by atoms with Gasteiger partial charge in [0.2, 0.25) is 0 Å². The zero-order valence-corrected chi connectivity index (χ0v) is 12.5. The summed E-state index contributed by atoms with van der Waals surface area (Å²) in [7, 11) is 1.51. The number of hydrogen-bond acceptors (Lipinski definition) is 6. The molecule has 6 nitrogen and oxygen atoms in total. The minimum atomic E-state index is -0.448. The fraction of sp³-hybridized carbons (Fsp3) is 0.533. The van der Waals surface area contributed by atoms with Crippen LogP contribution in [0, 0.1) is 0 Å². The van der Waals surface area contributed by atoms with E-state index < -0.39 is 5.97 Å². The zero-order valence-electron chi connectivity index (χ0n) is 12.5. The van der Waals surface area contributed by atoms with E-state index in [0.717, 1.165) is 19.6 Å². The third kappa shape index (κ3) is 4.09. The Hall–Kier alpha value is -1.79. The van der Waals surface area contributed by atoms with Crippen LogP contribution >= 0.6 is 0 Å². The number of ether oxygens (including phenoxy) is 3. The summed E-state index contributed by atoms with van der Waals surface area (Å²) in [5.41, 5.74) is 6.53. The van der Waals surface area contributed by atoms with Gasteiger partial charge in [-0.1, -0.05) is 6.92 Å². The Labute approximate surface area is 124 Å². The van der Waals surface area contributed by atoms with Crippen LogP contribution in [-0.4, -0.2) is 56.9 Å². The number of nitrogen functional groups attached to an aromatic ring is 1. The summed E-state index contributed by atoms with van der Waals surface area (Å²) in [4.78, 5) is 14.4. The van der Waals surface area contributed by atoms with Gasteiger partial charge in [0.1, 0.15) is 24.0 Å². The van der Waals surface area contributed by atoms with E-state index >= 15 is 0 Å². The molecule has 1 atom stereocenters. The van der Waals surface area contributed by atoms with Gasteiger partial charge in [-0.3, -0.25) is 4.90 Å².